The van der Waals surface area contributed by atoms with Crippen molar-refractivity contribution in [3.8, 4) is 0 Å². The van der Waals surface area contributed by atoms with E-state index in [0.717, 1.165) is 6.42 Å². The number of likely N-dealkylation sites (tertiary alicyclic amines) is 1. The van der Waals surface area contributed by atoms with Gasteiger partial charge in [-0.3, -0.25) is 4.79 Å². The summed E-state index contributed by atoms with van der Waals surface area (Å²) in [5.74, 6) is 0.0765. The van der Waals surface area contributed by atoms with Crippen LogP contribution in [0.1, 0.15) is 33.6 Å². The molecule has 0 N–H and O–H groups in total. The minimum absolute atomic E-state index is 0.00297. The van der Waals surface area contributed by atoms with E-state index in [0.29, 0.717) is 18.7 Å². The van der Waals surface area contributed by atoms with Gasteiger partial charge in [0, 0.05) is 18.2 Å². The van der Waals surface area contributed by atoms with E-state index >= 15 is 0 Å². The lowest BCUT2D eigenvalue weighted by atomic mass is 10.1. The number of thiol groups is 1. The van der Waals surface area contributed by atoms with Crippen LogP contribution in [0.3, 0.4) is 0 Å². The Morgan fingerprint density at radius 1 is 1.41 bits per heavy atom. The van der Waals surface area contributed by atoms with Crippen LogP contribution in [0.25, 0.3) is 0 Å². The van der Waals surface area contributed by atoms with Crippen molar-refractivity contribution in [3.05, 3.63) is 0 Å². The fraction of sp³-hybridized carbons (Fsp3) is 0.833. The van der Waals surface area contributed by atoms with Crippen molar-refractivity contribution in [2.75, 3.05) is 12.3 Å². The number of nitrogens with zero attached hydrogens (tertiary/aromatic N) is 1. The van der Waals surface area contributed by atoms with Crippen LogP contribution in [-0.2, 0) is 14.3 Å². The number of carbonyl (C=O) groups is 2. The van der Waals surface area contributed by atoms with E-state index < -0.39 is 6.04 Å². The maximum atomic E-state index is 12.0. The van der Waals surface area contributed by atoms with Crippen LogP contribution >= 0.6 is 12.6 Å². The largest absolute Gasteiger partial charge is 0.461 e. The molecule has 1 heterocycles. The maximum Gasteiger partial charge on any atom is 0.329 e. The van der Waals surface area contributed by atoms with Crippen LogP contribution in [0.15, 0.2) is 0 Å². The molecule has 2 unspecified atom stereocenters. The average molecular weight is 259 g/mol. The fourth-order valence-electron chi connectivity index (χ4n) is 1.95. The molecule has 1 saturated heterocycles. The van der Waals surface area contributed by atoms with Gasteiger partial charge in [0.1, 0.15) is 6.04 Å². The molecule has 0 aromatic carbocycles. The predicted molar refractivity (Wildman–Crippen MR) is 69.0 cm³/mol. The molecule has 0 bridgehead atoms. The zero-order valence-electron chi connectivity index (χ0n) is 10.7. The van der Waals surface area contributed by atoms with Gasteiger partial charge in [0.15, 0.2) is 0 Å². The normalized spacial score (nSPS) is 21.7. The second kappa shape index (κ2) is 6.28. The third kappa shape index (κ3) is 3.63. The molecule has 1 aliphatic rings. The summed E-state index contributed by atoms with van der Waals surface area (Å²) in [6.45, 7) is 6.11. The lowest BCUT2D eigenvalue weighted by Gasteiger charge is -2.26. The molecule has 5 heteroatoms. The predicted octanol–water partition coefficient (Wildman–Crippen LogP) is 1.49. The van der Waals surface area contributed by atoms with E-state index in [1.54, 1.807) is 4.90 Å². The number of hydrogen-bond donors (Lipinski definition) is 1. The molecule has 2 atom stereocenters. The van der Waals surface area contributed by atoms with Crippen molar-refractivity contribution in [2.24, 2.45) is 5.92 Å². The van der Waals surface area contributed by atoms with Crippen molar-refractivity contribution in [3.63, 3.8) is 0 Å². The van der Waals surface area contributed by atoms with Gasteiger partial charge in [-0.15, -0.1) is 0 Å². The molecule has 0 aromatic rings. The average Bonchev–Trinajstić information content (AvgIpc) is 2.74. The van der Waals surface area contributed by atoms with Crippen LogP contribution in [0, 0.1) is 5.92 Å². The summed E-state index contributed by atoms with van der Waals surface area (Å²) < 4.78 is 5.18. The van der Waals surface area contributed by atoms with Gasteiger partial charge in [0.05, 0.1) is 6.10 Å². The fourth-order valence-corrected chi connectivity index (χ4v) is 2.10. The molecule has 1 amide bonds. The molecule has 0 aliphatic carbocycles. The van der Waals surface area contributed by atoms with Crippen molar-refractivity contribution < 1.29 is 14.3 Å². The first-order valence-corrected chi connectivity index (χ1v) is 6.72. The number of hydrogen-bond acceptors (Lipinski definition) is 4. The molecule has 1 fully saturated rings. The van der Waals surface area contributed by atoms with E-state index in [4.69, 9.17) is 4.74 Å². The van der Waals surface area contributed by atoms with Gasteiger partial charge in [0.25, 0.3) is 0 Å². The summed E-state index contributed by atoms with van der Waals surface area (Å²) in [5, 5.41) is 0. The van der Waals surface area contributed by atoms with Gasteiger partial charge in [-0.05, 0) is 26.7 Å². The van der Waals surface area contributed by atoms with Gasteiger partial charge < -0.3 is 9.64 Å². The third-order valence-corrected chi connectivity index (χ3v) is 3.40. The summed E-state index contributed by atoms with van der Waals surface area (Å²) in [4.78, 5) is 25.5. The quantitative estimate of drug-likeness (QED) is 0.615. The highest BCUT2D eigenvalue weighted by Crippen LogP contribution is 2.21. The van der Waals surface area contributed by atoms with E-state index in [2.05, 4.69) is 12.6 Å². The zero-order chi connectivity index (χ0) is 13.0. The Kier molecular flexibility index (Phi) is 5.31. The van der Waals surface area contributed by atoms with Crippen LogP contribution in [0.4, 0.5) is 0 Å². The first-order valence-electron chi connectivity index (χ1n) is 6.09. The van der Waals surface area contributed by atoms with E-state index in [1.165, 1.54) is 0 Å². The number of rotatable bonds is 4. The molecule has 98 valence electrons. The van der Waals surface area contributed by atoms with Gasteiger partial charge in [-0.1, -0.05) is 6.92 Å². The molecule has 17 heavy (non-hydrogen) atoms. The number of esters is 1. The number of ether oxygens (including phenoxy) is 1. The molecular formula is C12H21NO3S. The highest BCUT2D eigenvalue weighted by Gasteiger charge is 2.36. The van der Waals surface area contributed by atoms with Crippen molar-refractivity contribution >= 4 is 24.5 Å². The first-order chi connectivity index (χ1) is 7.97. The molecule has 1 rings (SSSR count). The molecule has 1 aliphatic heterocycles. The van der Waals surface area contributed by atoms with Crippen molar-refractivity contribution in [2.45, 2.75) is 45.8 Å². The minimum Gasteiger partial charge on any atom is -0.461 e. The van der Waals surface area contributed by atoms with Gasteiger partial charge in [0.2, 0.25) is 5.91 Å². The molecule has 0 spiro atoms. The maximum absolute atomic E-state index is 12.0. The Morgan fingerprint density at radius 3 is 2.59 bits per heavy atom. The van der Waals surface area contributed by atoms with Crippen molar-refractivity contribution in [1.29, 1.82) is 0 Å². The van der Waals surface area contributed by atoms with Crippen LogP contribution in [0.2, 0.25) is 0 Å². The summed E-state index contributed by atoms with van der Waals surface area (Å²) in [7, 11) is 0. The van der Waals surface area contributed by atoms with Gasteiger partial charge in [-0.2, -0.15) is 12.6 Å². The molecular weight excluding hydrogens is 238 g/mol. The SMILES string of the molecule is CC(C)OC(=O)C1CCCN1C(=O)C(C)CS. The molecule has 0 radical (unpaired) electrons. The Hall–Kier alpha value is -0.710. The van der Waals surface area contributed by atoms with E-state index in [9.17, 15) is 9.59 Å². The number of carbonyl (C=O) groups excluding carboxylic acids is 2. The van der Waals surface area contributed by atoms with E-state index in [-0.39, 0.29) is 23.9 Å². The molecule has 0 saturated carbocycles. The minimum atomic E-state index is -0.396. The molecule has 4 nitrogen and oxygen atoms in total. The summed E-state index contributed by atoms with van der Waals surface area (Å²) in [5.41, 5.74) is 0. The zero-order valence-corrected chi connectivity index (χ0v) is 11.6. The van der Waals surface area contributed by atoms with Gasteiger partial charge >= 0.3 is 5.97 Å². The lowest BCUT2D eigenvalue weighted by Crippen LogP contribution is -2.44. The van der Waals surface area contributed by atoms with Gasteiger partial charge in [-0.25, -0.2) is 4.79 Å². The van der Waals surface area contributed by atoms with Crippen LogP contribution in [-0.4, -0.2) is 41.2 Å². The molecule has 0 aromatic heterocycles. The lowest BCUT2D eigenvalue weighted by molar-refractivity contribution is -0.157. The second-order valence-corrected chi connectivity index (χ2v) is 5.12. The summed E-state index contributed by atoms with van der Waals surface area (Å²) >= 11 is 4.12. The van der Waals surface area contributed by atoms with Crippen LogP contribution in [0.5, 0.6) is 0 Å². The monoisotopic (exact) mass is 259 g/mol. The Balaban J connectivity index is 2.66. The topological polar surface area (TPSA) is 46.6 Å². The standard InChI is InChI=1S/C12H21NO3S/c1-8(2)16-12(15)10-5-4-6-13(10)11(14)9(3)7-17/h8-10,17H,4-7H2,1-3H3. The Labute approximate surface area is 108 Å². The second-order valence-electron chi connectivity index (χ2n) is 4.76. The summed E-state index contributed by atoms with van der Waals surface area (Å²) in [6.07, 6.45) is 1.43. The smallest absolute Gasteiger partial charge is 0.329 e. The third-order valence-electron chi connectivity index (χ3n) is 2.86. The van der Waals surface area contributed by atoms with Crippen molar-refractivity contribution in [1.82, 2.24) is 4.90 Å². The Bertz CT molecular complexity index is 293. The summed E-state index contributed by atoms with van der Waals surface area (Å²) in [6, 6.07) is -0.396. The highest BCUT2D eigenvalue weighted by atomic mass is 32.1. The Morgan fingerprint density at radius 2 is 2.06 bits per heavy atom. The van der Waals surface area contributed by atoms with Crippen LogP contribution < -0.4 is 0 Å². The first kappa shape index (κ1) is 14.4. The highest BCUT2D eigenvalue weighted by molar-refractivity contribution is 7.80. The van der Waals surface area contributed by atoms with E-state index in [1.807, 2.05) is 20.8 Å². The number of amides is 1.